The second-order valence-electron chi connectivity index (χ2n) is 6.67. The van der Waals surface area contributed by atoms with Crippen LogP contribution in [0.15, 0.2) is 59.9 Å². The van der Waals surface area contributed by atoms with Crippen molar-refractivity contribution in [2.75, 3.05) is 13.6 Å². The molecular weight excluding hydrogens is 463 g/mol. The van der Waals surface area contributed by atoms with Crippen molar-refractivity contribution >= 4 is 29.9 Å². The third kappa shape index (κ3) is 5.37. The topological polar surface area (TPSA) is 50.4 Å². The Morgan fingerprint density at radius 1 is 1.14 bits per heavy atom. The summed E-state index contributed by atoms with van der Waals surface area (Å²) < 4.78 is 4.05. The zero-order valence-corrected chi connectivity index (χ0v) is 19.3. The van der Waals surface area contributed by atoms with E-state index in [1.54, 1.807) is 0 Å². The van der Waals surface area contributed by atoms with Crippen LogP contribution < -0.4 is 5.32 Å². The van der Waals surface area contributed by atoms with E-state index < -0.39 is 0 Å². The van der Waals surface area contributed by atoms with Crippen LogP contribution in [0.4, 0.5) is 0 Å². The van der Waals surface area contributed by atoms with E-state index in [1.165, 1.54) is 5.69 Å². The van der Waals surface area contributed by atoms with Crippen molar-refractivity contribution in [3.8, 4) is 5.69 Å². The summed E-state index contributed by atoms with van der Waals surface area (Å²) in [6.45, 7) is 6.31. The largest absolute Gasteiger partial charge is 0.357 e. The highest BCUT2D eigenvalue weighted by molar-refractivity contribution is 14.0. The fourth-order valence-corrected chi connectivity index (χ4v) is 3.03. The standard InChI is InChI=1S/C21H28N6.HI/c1-5-22-21(26(4)16-19-10-8-13-25(19)3)23-15-18-9-6-7-11-20(18)27-14-12-17(2)24-27;/h6-14H,5,15-16H2,1-4H3,(H,22,23);1H. The van der Waals surface area contributed by atoms with Crippen LogP contribution in [0.5, 0.6) is 0 Å². The van der Waals surface area contributed by atoms with E-state index in [-0.39, 0.29) is 24.0 Å². The Hall–Kier alpha value is -2.29. The maximum atomic E-state index is 4.87. The van der Waals surface area contributed by atoms with Crippen LogP contribution in [0.2, 0.25) is 0 Å². The summed E-state index contributed by atoms with van der Waals surface area (Å²) in [6.07, 6.45) is 4.06. The first-order valence-corrected chi connectivity index (χ1v) is 9.28. The molecule has 0 aliphatic heterocycles. The van der Waals surface area contributed by atoms with E-state index in [1.807, 2.05) is 36.0 Å². The summed E-state index contributed by atoms with van der Waals surface area (Å²) in [6, 6.07) is 14.5. The highest BCUT2D eigenvalue weighted by Crippen LogP contribution is 2.15. The van der Waals surface area contributed by atoms with Crippen LogP contribution in [-0.4, -0.2) is 38.8 Å². The molecule has 0 saturated carbocycles. The predicted octanol–water partition coefficient (Wildman–Crippen LogP) is 3.73. The van der Waals surface area contributed by atoms with E-state index in [0.29, 0.717) is 6.54 Å². The van der Waals surface area contributed by atoms with E-state index in [2.05, 4.69) is 71.4 Å². The lowest BCUT2D eigenvalue weighted by atomic mass is 10.2. The third-order valence-electron chi connectivity index (χ3n) is 4.51. The molecule has 0 aliphatic carbocycles. The van der Waals surface area contributed by atoms with Gasteiger partial charge in [0, 0.05) is 38.7 Å². The summed E-state index contributed by atoms with van der Waals surface area (Å²) in [5.41, 5.74) is 4.46. The quantitative estimate of drug-likeness (QED) is 0.324. The van der Waals surface area contributed by atoms with Gasteiger partial charge < -0.3 is 14.8 Å². The lowest BCUT2D eigenvalue weighted by Crippen LogP contribution is -2.38. The van der Waals surface area contributed by atoms with Crippen LogP contribution in [0.3, 0.4) is 0 Å². The Bertz CT molecular complexity index is 911. The lowest BCUT2D eigenvalue weighted by Gasteiger charge is -2.22. The number of hydrogen-bond donors (Lipinski definition) is 1. The van der Waals surface area contributed by atoms with Gasteiger partial charge in [-0.3, -0.25) is 0 Å². The molecule has 6 nitrogen and oxygen atoms in total. The van der Waals surface area contributed by atoms with E-state index >= 15 is 0 Å². The number of para-hydroxylation sites is 1. The van der Waals surface area contributed by atoms with Crippen molar-refractivity contribution in [3.63, 3.8) is 0 Å². The number of guanidine groups is 1. The van der Waals surface area contributed by atoms with E-state index in [0.717, 1.165) is 36.0 Å². The monoisotopic (exact) mass is 492 g/mol. The van der Waals surface area contributed by atoms with Crippen molar-refractivity contribution in [2.24, 2.45) is 12.0 Å². The molecule has 0 radical (unpaired) electrons. The van der Waals surface area contributed by atoms with Crippen LogP contribution in [0.1, 0.15) is 23.9 Å². The minimum atomic E-state index is 0. The SMILES string of the molecule is CCNC(=NCc1ccccc1-n1ccc(C)n1)N(C)Cc1cccn1C.I. The van der Waals surface area contributed by atoms with Crippen molar-refractivity contribution in [3.05, 3.63) is 71.8 Å². The molecule has 1 N–H and O–H groups in total. The minimum absolute atomic E-state index is 0. The van der Waals surface area contributed by atoms with Crippen LogP contribution in [0, 0.1) is 6.92 Å². The Balaban J connectivity index is 0.00000280. The summed E-state index contributed by atoms with van der Waals surface area (Å²) >= 11 is 0. The van der Waals surface area contributed by atoms with Crippen molar-refractivity contribution < 1.29 is 0 Å². The van der Waals surface area contributed by atoms with Gasteiger partial charge in [-0.25, -0.2) is 9.67 Å². The van der Waals surface area contributed by atoms with Gasteiger partial charge in [0.15, 0.2) is 5.96 Å². The molecule has 0 fully saturated rings. The zero-order valence-electron chi connectivity index (χ0n) is 17.0. The average molecular weight is 492 g/mol. The second kappa shape index (κ2) is 10.3. The molecule has 0 spiro atoms. The van der Waals surface area contributed by atoms with Gasteiger partial charge in [-0.1, -0.05) is 18.2 Å². The summed E-state index contributed by atoms with van der Waals surface area (Å²) in [5, 5.41) is 7.93. The molecule has 2 aromatic heterocycles. The number of nitrogens with zero attached hydrogens (tertiary/aromatic N) is 5. The minimum Gasteiger partial charge on any atom is -0.357 e. The highest BCUT2D eigenvalue weighted by Gasteiger charge is 2.10. The highest BCUT2D eigenvalue weighted by atomic mass is 127. The van der Waals surface area contributed by atoms with Crippen molar-refractivity contribution in [2.45, 2.75) is 26.9 Å². The van der Waals surface area contributed by atoms with Gasteiger partial charge in [0.05, 0.1) is 24.5 Å². The molecule has 0 saturated heterocycles. The Morgan fingerprint density at radius 2 is 1.93 bits per heavy atom. The first-order valence-electron chi connectivity index (χ1n) is 9.28. The van der Waals surface area contributed by atoms with E-state index in [9.17, 15) is 0 Å². The van der Waals surface area contributed by atoms with Crippen LogP contribution >= 0.6 is 24.0 Å². The summed E-state index contributed by atoms with van der Waals surface area (Å²) in [7, 11) is 4.13. The normalized spacial score (nSPS) is 11.2. The van der Waals surface area contributed by atoms with Gasteiger partial charge >= 0.3 is 0 Å². The molecule has 3 rings (SSSR count). The molecule has 0 unspecified atom stereocenters. The number of benzene rings is 1. The number of rotatable bonds is 6. The molecule has 0 bridgehead atoms. The maximum absolute atomic E-state index is 4.87. The second-order valence-corrected chi connectivity index (χ2v) is 6.67. The van der Waals surface area contributed by atoms with Gasteiger partial charge in [0.2, 0.25) is 0 Å². The molecule has 0 aliphatic rings. The first kappa shape index (κ1) is 22.0. The molecule has 0 amide bonds. The maximum Gasteiger partial charge on any atom is 0.194 e. The molecule has 28 heavy (non-hydrogen) atoms. The molecule has 1 aromatic carbocycles. The fraction of sp³-hybridized carbons (Fsp3) is 0.333. The van der Waals surface area contributed by atoms with Gasteiger partial charge in [0.1, 0.15) is 0 Å². The molecule has 3 aromatic rings. The van der Waals surface area contributed by atoms with E-state index in [4.69, 9.17) is 4.99 Å². The van der Waals surface area contributed by atoms with Gasteiger partial charge in [-0.2, -0.15) is 5.10 Å². The average Bonchev–Trinajstić information content (AvgIpc) is 3.27. The van der Waals surface area contributed by atoms with Crippen LogP contribution in [0.25, 0.3) is 5.69 Å². The smallest absolute Gasteiger partial charge is 0.194 e. The lowest BCUT2D eigenvalue weighted by molar-refractivity contribution is 0.462. The molecular formula is C21H29IN6. The molecule has 7 heteroatoms. The van der Waals surface area contributed by atoms with Crippen LogP contribution in [-0.2, 0) is 20.1 Å². The van der Waals surface area contributed by atoms with Gasteiger partial charge in [-0.15, -0.1) is 24.0 Å². The van der Waals surface area contributed by atoms with Crippen molar-refractivity contribution in [1.29, 1.82) is 0 Å². The third-order valence-corrected chi connectivity index (χ3v) is 4.51. The molecule has 0 atom stereocenters. The number of halogens is 1. The number of nitrogens with one attached hydrogen (secondary N) is 1. The first-order chi connectivity index (χ1) is 13.1. The predicted molar refractivity (Wildman–Crippen MR) is 125 cm³/mol. The summed E-state index contributed by atoms with van der Waals surface area (Å²) in [4.78, 5) is 7.02. The van der Waals surface area contributed by atoms with Gasteiger partial charge in [0.25, 0.3) is 0 Å². The number of aryl methyl sites for hydroxylation is 2. The number of aromatic nitrogens is 3. The summed E-state index contributed by atoms with van der Waals surface area (Å²) in [5.74, 6) is 0.894. The Labute approximate surface area is 184 Å². The number of hydrogen-bond acceptors (Lipinski definition) is 2. The zero-order chi connectivity index (χ0) is 19.2. The molecule has 150 valence electrons. The molecule has 2 heterocycles. The fourth-order valence-electron chi connectivity index (χ4n) is 3.03. The Morgan fingerprint density at radius 3 is 2.57 bits per heavy atom. The number of aliphatic imine (C=N–C) groups is 1. The van der Waals surface area contributed by atoms with Crippen molar-refractivity contribution in [1.82, 2.24) is 24.6 Å². The Kier molecular flexibility index (Phi) is 8.10. The van der Waals surface area contributed by atoms with Gasteiger partial charge in [-0.05, 0) is 43.7 Å².